The van der Waals surface area contributed by atoms with E-state index >= 15 is 0 Å². The molecule has 0 fully saturated rings. The largest absolute Gasteiger partial charge is 0.438 e. The van der Waals surface area contributed by atoms with Crippen LogP contribution in [0.25, 0.3) is 10.6 Å². The maximum atomic E-state index is 11.4. The Morgan fingerprint density at radius 2 is 1.93 bits per heavy atom. The molecule has 138 valence electrons. The molecule has 3 heterocycles. The Morgan fingerprint density at radius 1 is 1.11 bits per heavy atom. The molecular formula is C18H15N3O4S2. The lowest BCUT2D eigenvalue weighted by Gasteiger charge is -2.06. The summed E-state index contributed by atoms with van der Waals surface area (Å²) in [5, 5.41) is 0.910. The number of sulfone groups is 1. The molecule has 0 unspecified atom stereocenters. The number of hydroxylamine groups is 1. The molecule has 1 N–H and O–H groups in total. The second-order valence-corrected chi connectivity index (χ2v) is 8.84. The number of nitrogens with one attached hydrogen (secondary N) is 1. The van der Waals surface area contributed by atoms with Gasteiger partial charge in [-0.05, 0) is 12.1 Å². The van der Waals surface area contributed by atoms with Gasteiger partial charge >= 0.3 is 0 Å². The lowest BCUT2D eigenvalue weighted by molar-refractivity contribution is 0.0289. The Morgan fingerprint density at radius 3 is 2.63 bits per heavy atom. The van der Waals surface area contributed by atoms with Gasteiger partial charge in [0.25, 0.3) is 0 Å². The van der Waals surface area contributed by atoms with Crippen LogP contribution in [0.3, 0.4) is 0 Å². The van der Waals surface area contributed by atoms with Crippen LogP contribution in [0.5, 0.6) is 5.75 Å². The third kappa shape index (κ3) is 4.00. The van der Waals surface area contributed by atoms with Crippen molar-refractivity contribution in [1.82, 2.24) is 15.4 Å². The van der Waals surface area contributed by atoms with E-state index in [1.54, 1.807) is 29.7 Å². The summed E-state index contributed by atoms with van der Waals surface area (Å²) in [5.41, 5.74) is 3.77. The molecule has 1 aliphatic rings. The van der Waals surface area contributed by atoms with E-state index in [1.807, 2.05) is 30.3 Å². The SMILES string of the molecule is CS(=O)(=O)c1ccc(OC2=C[C@@H](c3cnc(-c4ccccc4)s3)ON2)cn1. The molecule has 1 aromatic carbocycles. The first-order chi connectivity index (χ1) is 13.0. The summed E-state index contributed by atoms with van der Waals surface area (Å²) in [6.45, 7) is 0. The van der Waals surface area contributed by atoms with Gasteiger partial charge in [0, 0.05) is 24.1 Å². The van der Waals surface area contributed by atoms with Crippen LogP contribution in [0.15, 0.2) is 71.8 Å². The summed E-state index contributed by atoms with van der Waals surface area (Å²) in [6, 6.07) is 12.9. The lowest BCUT2D eigenvalue weighted by Crippen LogP contribution is -2.12. The minimum Gasteiger partial charge on any atom is -0.438 e. The fourth-order valence-electron chi connectivity index (χ4n) is 2.43. The standard InChI is InChI=1S/C18H15N3O4S2/c1-27(22,23)17-8-7-13(10-19-17)24-16-9-14(25-21-16)15-11-20-18(26-15)12-5-3-2-4-6-12/h2-11,14,21H,1H3/t14-/m0/s1. The second kappa shape index (κ2) is 7.10. The molecule has 2 aromatic heterocycles. The van der Waals surface area contributed by atoms with Gasteiger partial charge in [-0.3, -0.25) is 4.84 Å². The zero-order valence-electron chi connectivity index (χ0n) is 14.2. The predicted molar refractivity (Wildman–Crippen MR) is 101 cm³/mol. The van der Waals surface area contributed by atoms with Crippen molar-refractivity contribution < 1.29 is 18.0 Å². The third-order valence-electron chi connectivity index (χ3n) is 3.73. The molecule has 0 aliphatic carbocycles. The van der Waals surface area contributed by atoms with Gasteiger partial charge in [0.2, 0.25) is 5.88 Å². The summed E-state index contributed by atoms with van der Waals surface area (Å²) in [5.74, 6) is 0.809. The van der Waals surface area contributed by atoms with Crippen LogP contribution in [0, 0.1) is 0 Å². The van der Waals surface area contributed by atoms with E-state index in [9.17, 15) is 8.42 Å². The van der Waals surface area contributed by atoms with Crippen molar-refractivity contribution in [2.75, 3.05) is 6.26 Å². The van der Waals surface area contributed by atoms with E-state index in [0.717, 1.165) is 21.7 Å². The van der Waals surface area contributed by atoms with Crippen molar-refractivity contribution in [1.29, 1.82) is 0 Å². The van der Waals surface area contributed by atoms with Crippen LogP contribution in [-0.2, 0) is 14.7 Å². The molecule has 27 heavy (non-hydrogen) atoms. The maximum absolute atomic E-state index is 11.4. The van der Waals surface area contributed by atoms with Crippen molar-refractivity contribution >= 4 is 21.2 Å². The van der Waals surface area contributed by atoms with Gasteiger partial charge in [0.05, 0.1) is 11.1 Å². The van der Waals surface area contributed by atoms with Gasteiger partial charge < -0.3 is 4.74 Å². The number of benzene rings is 1. The monoisotopic (exact) mass is 401 g/mol. The third-order valence-corrected chi connectivity index (χ3v) is 5.84. The number of aromatic nitrogens is 2. The summed E-state index contributed by atoms with van der Waals surface area (Å²) in [6.07, 6.45) is 5.70. The summed E-state index contributed by atoms with van der Waals surface area (Å²) in [7, 11) is -3.34. The van der Waals surface area contributed by atoms with Crippen LogP contribution in [-0.4, -0.2) is 24.6 Å². The Labute approximate surface area is 160 Å². The molecule has 0 spiro atoms. The molecule has 0 saturated carbocycles. The second-order valence-electron chi connectivity index (χ2n) is 5.81. The molecule has 3 aromatic rings. The fourth-order valence-corrected chi connectivity index (χ4v) is 3.91. The smallest absolute Gasteiger partial charge is 0.216 e. The van der Waals surface area contributed by atoms with E-state index in [1.165, 1.54) is 12.3 Å². The van der Waals surface area contributed by atoms with E-state index < -0.39 is 9.84 Å². The number of thiazole rings is 1. The zero-order valence-corrected chi connectivity index (χ0v) is 15.8. The summed E-state index contributed by atoms with van der Waals surface area (Å²) in [4.78, 5) is 14.8. The van der Waals surface area contributed by atoms with Crippen molar-refractivity contribution in [2.24, 2.45) is 0 Å². The van der Waals surface area contributed by atoms with Crippen LogP contribution in [0.1, 0.15) is 11.0 Å². The number of hydrogen-bond donors (Lipinski definition) is 1. The zero-order chi connectivity index (χ0) is 18.9. The number of rotatable bonds is 5. The number of nitrogens with zero attached hydrogens (tertiary/aromatic N) is 2. The molecule has 0 saturated heterocycles. The van der Waals surface area contributed by atoms with E-state index in [0.29, 0.717) is 11.6 Å². The first-order valence-corrected chi connectivity index (χ1v) is 10.7. The fraction of sp³-hybridized carbons (Fsp3) is 0.111. The van der Waals surface area contributed by atoms with Crippen molar-refractivity contribution in [3.8, 4) is 16.3 Å². The average Bonchev–Trinajstić information content (AvgIpc) is 3.31. The van der Waals surface area contributed by atoms with Crippen LogP contribution < -0.4 is 10.2 Å². The van der Waals surface area contributed by atoms with Gasteiger partial charge in [-0.2, -0.15) is 0 Å². The van der Waals surface area contributed by atoms with Gasteiger partial charge in [-0.15, -0.1) is 11.3 Å². The van der Waals surface area contributed by atoms with Gasteiger partial charge in [-0.1, -0.05) is 30.3 Å². The predicted octanol–water partition coefficient (Wildman–Crippen LogP) is 3.10. The lowest BCUT2D eigenvalue weighted by atomic mass is 10.2. The van der Waals surface area contributed by atoms with Crippen molar-refractivity contribution in [3.05, 3.63) is 71.7 Å². The first-order valence-electron chi connectivity index (χ1n) is 7.98. The van der Waals surface area contributed by atoms with Crippen LogP contribution >= 0.6 is 11.3 Å². The normalized spacial score (nSPS) is 16.6. The number of pyridine rings is 1. The molecule has 1 atom stereocenters. The molecule has 9 heteroatoms. The summed E-state index contributed by atoms with van der Waals surface area (Å²) < 4.78 is 28.5. The average molecular weight is 401 g/mol. The molecule has 4 rings (SSSR count). The number of ether oxygens (including phenoxy) is 1. The molecular weight excluding hydrogens is 386 g/mol. The highest BCUT2D eigenvalue weighted by molar-refractivity contribution is 7.90. The minimum atomic E-state index is -3.34. The minimum absolute atomic E-state index is 0.00422. The van der Waals surface area contributed by atoms with Crippen molar-refractivity contribution in [2.45, 2.75) is 11.1 Å². The van der Waals surface area contributed by atoms with Gasteiger partial charge in [0.1, 0.15) is 16.9 Å². The summed E-state index contributed by atoms with van der Waals surface area (Å²) >= 11 is 1.54. The Hall–Kier alpha value is -2.75. The Kier molecular flexibility index (Phi) is 4.65. The first kappa shape index (κ1) is 17.7. The molecule has 1 aliphatic heterocycles. The van der Waals surface area contributed by atoms with E-state index in [2.05, 4.69) is 15.4 Å². The highest BCUT2D eigenvalue weighted by Crippen LogP contribution is 2.33. The van der Waals surface area contributed by atoms with Crippen molar-refractivity contribution in [3.63, 3.8) is 0 Å². The quantitative estimate of drug-likeness (QED) is 0.702. The van der Waals surface area contributed by atoms with Crippen LogP contribution in [0.4, 0.5) is 0 Å². The van der Waals surface area contributed by atoms with Gasteiger partial charge in [0.15, 0.2) is 14.9 Å². The highest BCUT2D eigenvalue weighted by atomic mass is 32.2. The van der Waals surface area contributed by atoms with E-state index in [-0.39, 0.29) is 11.1 Å². The Bertz CT molecular complexity index is 1080. The topological polar surface area (TPSA) is 90.4 Å². The number of hydrogen-bond acceptors (Lipinski definition) is 8. The molecule has 0 bridgehead atoms. The molecule has 7 nitrogen and oxygen atoms in total. The maximum Gasteiger partial charge on any atom is 0.216 e. The molecule has 0 radical (unpaired) electrons. The van der Waals surface area contributed by atoms with Gasteiger partial charge in [-0.25, -0.2) is 23.9 Å². The highest BCUT2D eigenvalue weighted by Gasteiger charge is 2.22. The van der Waals surface area contributed by atoms with E-state index in [4.69, 9.17) is 9.57 Å². The Balaban J connectivity index is 1.47. The molecule has 0 amide bonds. The van der Waals surface area contributed by atoms with Crippen LogP contribution in [0.2, 0.25) is 0 Å².